The Balaban J connectivity index is 1.53. The summed E-state index contributed by atoms with van der Waals surface area (Å²) in [5.74, 6) is -2.27. The van der Waals surface area contributed by atoms with Crippen LogP contribution in [0.4, 0.5) is 8.78 Å². The van der Waals surface area contributed by atoms with Crippen LogP contribution in [0.5, 0.6) is 0 Å². The summed E-state index contributed by atoms with van der Waals surface area (Å²) >= 11 is 5.82. The minimum absolute atomic E-state index is 0.0342. The van der Waals surface area contributed by atoms with Gasteiger partial charge in [-0.3, -0.25) is 23.4 Å². The number of nitrogens with zero attached hydrogens (tertiary/aromatic N) is 6. The van der Waals surface area contributed by atoms with Crippen LogP contribution in [-0.4, -0.2) is 35.5 Å². The number of hydrogen-bond donors (Lipinski definition) is 0. The van der Waals surface area contributed by atoms with Gasteiger partial charge in [0.2, 0.25) is 0 Å². The molecule has 3 aromatic heterocycles. The van der Waals surface area contributed by atoms with Gasteiger partial charge in [-0.05, 0) is 44.7 Å². The quantitative estimate of drug-likeness (QED) is 0.399. The summed E-state index contributed by atoms with van der Waals surface area (Å²) in [5.41, 5.74) is -1.37. The van der Waals surface area contributed by atoms with Crippen LogP contribution in [0.1, 0.15) is 60.8 Å². The van der Waals surface area contributed by atoms with Crippen molar-refractivity contribution in [3.05, 3.63) is 79.0 Å². The van der Waals surface area contributed by atoms with Crippen molar-refractivity contribution in [1.29, 1.82) is 0 Å². The molecular weight excluding hydrogens is 506 g/mol. The molecule has 0 unspecified atom stereocenters. The first-order valence-electron chi connectivity index (χ1n) is 12.0. The van der Waals surface area contributed by atoms with Crippen LogP contribution in [0.3, 0.4) is 0 Å². The van der Waals surface area contributed by atoms with Crippen LogP contribution in [0.15, 0.2) is 34.1 Å². The molecule has 4 heterocycles. The van der Waals surface area contributed by atoms with Crippen LogP contribution in [0.2, 0.25) is 5.02 Å². The lowest BCUT2D eigenvalue weighted by molar-refractivity contribution is 0.00438. The van der Waals surface area contributed by atoms with Crippen LogP contribution >= 0.6 is 11.6 Å². The standard InChI is InChI=1S/C25H23ClF2N6O3/c1-12-30-23-21(24(35)32(12)2)31-20(25(36)34(23)22-17(27)8-15(26)9-18(22)28)13-5-6-37-19(7-13)14-10-29-33(11-14)16-3-4-16/h8-11,13,16,19H,3-7H2,1-2H3/t13-,19+/m0/s1. The number of benzene rings is 1. The second kappa shape index (κ2) is 8.84. The molecule has 1 aromatic carbocycles. The molecule has 2 fully saturated rings. The van der Waals surface area contributed by atoms with Gasteiger partial charge in [0.25, 0.3) is 11.1 Å². The normalized spacial score (nSPS) is 20.0. The molecular formula is C25H23ClF2N6O3. The Hall–Kier alpha value is -3.44. The Labute approximate surface area is 214 Å². The molecule has 0 N–H and O–H groups in total. The summed E-state index contributed by atoms with van der Waals surface area (Å²) in [7, 11) is 1.52. The molecule has 0 amide bonds. The topological polar surface area (TPSA) is 96.8 Å². The fourth-order valence-electron chi connectivity index (χ4n) is 4.87. The maximum Gasteiger partial charge on any atom is 0.281 e. The third kappa shape index (κ3) is 4.06. The molecule has 1 saturated heterocycles. The number of aromatic nitrogens is 6. The zero-order valence-electron chi connectivity index (χ0n) is 20.1. The monoisotopic (exact) mass is 528 g/mol. The summed E-state index contributed by atoms with van der Waals surface area (Å²) in [6.07, 6.45) is 6.42. The van der Waals surface area contributed by atoms with E-state index in [4.69, 9.17) is 16.3 Å². The van der Waals surface area contributed by atoms with Crippen molar-refractivity contribution in [2.45, 2.75) is 50.7 Å². The van der Waals surface area contributed by atoms with E-state index in [1.165, 1.54) is 11.6 Å². The summed E-state index contributed by atoms with van der Waals surface area (Å²) in [5, 5.41) is 4.27. The molecule has 2 aliphatic rings. The second-order valence-electron chi connectivity index (χ2n) is 9.62. The molecule has 192 valence electrons. The van der Waals surface area contributed by atoms with Gasteiger partial charge in [0.1, 0.15) is 17.2 Å². The van der Waals surface area contributed by atoms with Crippen molar-refractivity contribution < 1.29 is 13.5 Å². The molecule has 1 aliphatic heterocycles. The SMILES string of the molecule is Cc1nc2c(nc([C@H]3CCO[C@@H](c4cnn(C5CC5)c4)C3)c(=O)n2-c2c(F)cc(Cl)cc2F)c(=O)n1C. The summed E-state index contributed by atoms with van der Waals surface area (Å²) in [6.45, 7) is 1.90. The van der Waals surface area contributed by atoms with E-state index in [1.54, 1.807) is 13.1 Å². The minimum Gasteiger partial charge on any atom is -0.373 e. The van der Waals surface area contributed by atoms with Gasteiger partial charge in [-0.15, -0.1) is 0 Å². The largest absolute Gasteiger partial charge is 0.373 e. The van der Waals surface area contributed by atoms with Gasteiger partial charge >= 0.3 is 0 Å². The number of ether oxygens (including phenoxy) is 1. The van der Waals surface area contributed by atoms with E-state index in [9.17, 15) is 9.59 Å². The van der Waals surface area contributed by atoms with Gasteiger partial charge in [-0.25, -0.2) is 18.7 Å². The lowest BCUT2D eigenvalue weighted by Crippen LogP contribution is -2.34. The van der Waals surface area contributed by atoms with Crippen molar-refractivity contribution in [2.24, 2.45) is 7.05 Å². The van der Waals surface area contributed by atoms with E-state index in [0.29, 0.717) is 25.5 Å². The second-order valence-corrected chi connectivity index (χ2v) is 10.1. The lowest BCUT2D eigenvalue weighted by atomic mass is 9.90. The maximum atomic E-state index is 15.1. The minimum atomic E-state index is -1.05. The van der Waals surface area contributed by atoms with E-state index in [1.807, 2.05) is 10.9 Å². The zero-order valence-corrected chi connectivity index (χ0v) is 20.9. The lowest BCUT2D eigenvalue weighted by Gasteiger charge is -2.28. The molecule has 2 atom stereocenters. The highest BCUT2D eigenvalue weighted by atomic mass is 35.5. The van der Waals surface area contributed by atoms with Crippen molar-refractivity contribution in [2.75, 3.05) is 6.61 Å². The summed E-state index contributed by atoms with van der Waals surface area (Å²) in [4.78, 5) is 35.8. The molecule has 1 aliphatic carbocycles. The summed E-state index contributed by atoms with van der Waals surface area (Å²) < 4.78 is 40.1. The van der Waals surface area contributed by atoms with Gasteiger partial charge < -0.3 is 4.74 Å². The maximum absolute atomic E-state index is 15.1. The van der Waals surface area contributed by atoms with E-state index in [-0.39, 0.29) is 33.8 Å². The molecule has 37 heavy (non-hydrogen) atoms. The molecule has 9 nitrogen and oxygen atoms in total. The van der Waals surface area contributed by atoms with Crippen molar-refractivity contribution in [3.63, 3.8) is 0 Å². The smallest absolute Gasteiger partial charge is 0.281 e. The van der Waals surface area contributed by atoms with E-state index in [0.717, 1.165) is 35.1 Å². The third-order valence-electron chi connectivity index (χ3n) is 7.13. The molecule has 6 rings (SSSR count). The number of rotatable bonds is 4. The Bertz CT molecular complexity index is 1650. The van der Waals surface area contributed by atoms with Crippen LogP contribution in [0, 0.1) is 18.6 Å². The molecule has 0 bridgehead atoms. The molecule has 1 saturated carbocycles. The van der Waals surface area contributed by atoms with Gasteiger partial charge in [0.05, 0.1) is 18.3 Å². The molecule has 4 aromatic rings. The van der Waals surface area contributed by atoms with Crippen molar-refractivity contribution in [3.8, 4) is 5.69 Å². The highest BCUT2D eigenvalue weighted by Crippen LogP contribution is 2.39. The highest BCUT2D eigenvalue weighted by molar-refractivity contribution is 6.30. The van der Waals surface area contributed by atoms with Crippen LogP contribution in [-0.2, 0) is 11.8 Å². The Morgan fingerprint density at radius 3 is 2.51 bits per heavy atom. The Kier molecular flexibility index (Phi) is 5.72. The summed E-state index contributed by atoms with van der Waals surface area (Å²) in [6, 6.07) is 2.24. The van der Waals surface area contributed by atoms with Gasteiger partial charge in [0, 0.05) is 36.4 Å². The average molecular weight is 529 g/mol. The first-order chi connectivity index (χ1) is 17.7. The van der Waals surface area contributed by atoms with Gasteiger partial charge in [-0.2, -0.15) is 5.10 Å². The number of aryl methyl sites for hydroxylation is 1. The average Bonchev–Trinajstić information content (AvgIpc) is 3.59. The Morgan fingerprint density at radius 1 is 1.08 bits per heavy atom. The van der Waals surface area contributed by atoms with Crippen LogP contribution < -0.4 is 11.1 Å². The number of halogens is 3. The number of hydrogen-bond acceptors (Lipinski definition) is 6. The third-order valence-corrected chi connectivity index (χ3v) is 7.35. The molecule has 12 heteroatoms. The highest BCUT2D eigenvalue weighted by Gasteiger charge is 2.33. The first-order valence-corrected chi connectivity index (χ1v) is 12.4. The molecule has 0 radical (unpaired) electrons. The Morgan fingerprint density at radius 2 is 1.81 bits per heavy atom. The van der Waals surface area contributed by atoms with Gasteiger partial charge in [0.15, 0.2) is 22.8 Å². The zero-order chi connectivity index (χ0) is 26.0. The predicted octanol–water partition coefficient (Wildman–Crippen LogP) is 3.89. The van der Waals surface area contributed by atoms with E-state index in [2.05, 4.69) is 15.1 Å². The molecule has 0 spiro atoms. The number of fused-ring (bicyclic) bond motifs is 1. The fourth-order valence-corrected chi connectivity index (χ4v) is 5.06. The van der Waals surface area contributed by atoms with Crippen molar-refractivity contribution >= 4 is 22.8 Å². The first kappa shape index (κ1) is 23.9. The van der Waals surface area contributed by atoms with E-state index >= 15 is 8.78 Å². The van der Waals surface area contributed by atoms with Crippen LogP contribution in [0.25, 0.3) is 16.9 Å². The van der Waals surface area contributed by atoms with Gasteiger partial charge in [-0.1, -0.05) is 11.6 Å². The van der Waals surface area contributed by atoms with E-state index < -0.39 is 34.4 Å². The fraction of sp³-hybridized carbons (Fsp3) is 0.400. The predicted molar refractivity (Wildman–Crippen MR) is 131 cm³/mol. The van der Waals surface area contributed by atoms with Crippen molar-refractivity contribution in [1.82, 2.24) is 28.9 Å².